The Morgan fingerprint density at radius 3 is 2.40 bits per heavy atom. The Balaban J connectivity index is 1.31. The SMILES string of the molecule is CCCCCC/C=C/[C@H]1[C@H](O)CC(=O)[C@@H]1CCCCCCC(=O)Oc1ccc(NC(=O)c2ccc(F)cc2)cc1. The molecule has 0 saturated heterocycles. The quantitative estimate of drug-likeness (QED) is 0.0980. The van der Waals surface area contributed by atoms with Crippen molar-refractivity contribution in [1.82, 2.24) is 0 Å². The van der Waals surface area contributed by atoms with Crippen LogP contribution in [-0.4, -0.2) is 28.9 Å². The zero-order valence-corrected chi connectivity index (χ0v) is 23.4. The number of ketones is 1. The Kier molecular flexibility index (Phi) is 13.0. The molecule has 7 heteroatoms. The highest BCUT2D eigenvalue weighted by Crippen LogP contribution is 2.34. The fourth-order valence-electron chi connectivity index (χ4n) is 5.11. The summed E-state index contributed by atoms with van der Waals surface area (Å²) in [4.78, 5) is 36.9. The normalized spacial score (nSPS) is 18.8. The molecule has 1 aliphatic rings. The zero-order chi connectivity index (χ0) is 28.7. The average Bonchev–Trinajstić information content (AvgIpc) is 3.21. The van der Waals surface area contributed by atoms with Gasteiger partial charge in [0.05, 0.1) is 6.10 Å². The van der Waals surface area contributed by atoms with Gasteiger partial charge in [-0.25, -0.2) is 4.39 Å². The molecular formula is C33H42FNO5. The van der Waals surface area contributed by atoms with Gasteiger partial charge in [-0.05, 0) is 74.2 Å². The van der Waals surface area contributed by atoms with Crippen LogP contribution >= 0.6 is 0 Å². The number of amides is 1. The van der Waals surface area contributed by atoms with Crippen LogP contribution < -0.4 is 10.1 Å². The number of unbranched alkanes of at least 4 members (excludes halogenated alkanes) is 7. The smallest absolute Gasteiger partial charge is 0.311 e. The molecule has 0 unspecified atom stereocenters. The van der Waals surface area contributed by atoms with Crippen LogP contribution in [0.4, 0.5) is 10.1 Å². The Hall–Kier alpha value is -3.32. The van der Waals surface area contributed by atoms with Crippen LogP contribution in [0.15, 0.2) is 60.7 Å². The number of aliphatic hydroxyl groups is 1. The molecule has 1 fully saturated rings. The number of halogens is 1. The van der Waals surface area contributed by atoms with Gasteiger partial charge in [0.25, 0.3) is 5.91 Å². The Bertz CT molecular complexity index is 1110. The second kappa shape index (κ2) is 16.7. The van der Waals surface area contributed by atoms with Gasteiger partial charge in [0.1, 0.15) is 17.3 Å². The number of anilines is 1. The third-order valence-electron chi connectivity index (χ3n) is 7.41. The molecule has 40 heavy (non-hydrogen) atoms. The molecule has 0 bridgehead atoms. The average molecular weight is 552 g/mol. The topological polar surface area (TPSA) is 92.7 Å². The lowest BCUT2D eigenvalue weighted by Crippen LogP contribution is -2.18. The first-order chi connectivity index (χ1) is 19.4. The maximum Gasteiger partial charge on any atom is 0.311 e. The lowest BCUT2D eigenvalue weighted by Gasteiger charge is -2.17. The number of hydrogen-bond acceptors (Lipinski definition) is 5. The lowest BCUT2D eigenvalue weighted by atomic mass is 9.88. The van der Waals surface area contributed by atoms with E-state index in [2.05, 4.69) is 24.4 Å². The van der Waals surface area contributed by atoms with E-state index in [1.807, 2.05) is 0 Å². The molecule has 6 nitrogen and oxygen atoms in total. The maximum atomic E-state index is 13.0. The summed E-state index contributed by atoms with van der Waals surface area (Å²) in [7, 11) is 0. The first kappa shape index (κ1) is 31.2. The van der Waals surface area contributed by atoms with E-state index in [1.54, 1.807) is 24.3 Å². The van der Waals surface area contributed by atoms with Gasteiger partial charge in [-0.3, -0.25) is 14.4 Å². The van der Waals surface area contributed by atoms with Crippen LogP contribution in [0.5, 0.6) is 5.75 Å². The minimum Gasteiger partial charge on any atom is -0.427 e. The van der Waals surface area contributed by atoms with E-state index < -0.39 is 11.9 Å². The number of aliphatic hydroxyl groups excluding tert-OH is 1. The first-order valence-electron chi connectivity index (χ1n) is 14.6. The van der Waals surface area contributed by atoms with Crippen molar-refractivity contribution in [3.05, 3.63) is 72.1 Å². The van der Waals surface area contributed by atoms with Gasteiger partial charge in [-0.2, -0.15) is 0 Å². The molecule has 2 aromatic carbocycles. The molecule has 0 aromatic heterocycles. The van der Waals surface area contributed by atoms with Crippen LogP contribution in [0.3, 0.4) is 0 Å². The van der Waals surface area contributed by atoms with E-state index in [1.165, 1.54) is 43.5 Å². The highest BCUT2D eigenvalue weighted by molar-refractivity contribution is 6.04. The van der Waals surface area contributed by atoms with Crippen molar-refractivity contribution in [2.24, 2.45) is 11.8 Å². The third-order valence-corrected chi connectivity index (χ3v) is 7.41. The van der Waals surface area contributed by atoms with Crippen LogP contribution in [0.2, 0.25) is 0 Å². The zero-order valence-electron chi connectivity index (χ0n) is 23.4. The number of Topliss-reactive ketones (excluding diaryl/α,β-unsaturated/α-hetero) is 1. The number of esters is 1. The Labute approximate surface area is 237 Å². The number of allylic oxidation sites excluding steroid dienone is 1. The van der Waals surface area contributed by atoms with Gasteiger partial charge >= 0.3 is 5.97 Å². The van der Waals surface area contributed by atoms with Gasteiger partial charge in [0, 0.05) is 35.9 Å². The second-order valence-corrected chi connectivity index (χ2v) is 10.6. The molecule has 3 rings (SSSR count). The number of rotatable bonds is 16. The number of nitrogens with one attached hydrogen (secondary N) is 1. The third kappa shape index (κ3) is 10.3. The minimum absolute atomic E-state index is 0.0729. The summed E-state index contributed by atoms with van der Waals surface area (Å²) in [5.74, 6) is -0.699. The molecule has 0 spiro atoms. The molecular weight excluding hydrogens is 509 g/mol. The summed E-state index contributed by atoms with van der Waals surface area (Å²) >= 11 is 0. The minimum atomic E-state index is -0.570. The number of carbonyl (C=O) groups is 3. The molecule has 1 amide bonds. The molecule has 1 saturated carbocycles. The fraction of sp³-hybridized carbons (Fsp3) is 0.485. The standard InChI is InChI=1S/C33H42FNO5/c1-2-3-4-5-6-9-12-28-29(31(37)23-30(28)36)13-10-7-8-11-14-32(38)40-27-21-19-26(20-22-27)35-33(39)24-15-17-25(34)18-16-24/h9,12,15-22,28-30,36H,2-8,10-11,13-14,23H2,1H3,(H,35,39)/b12-9+/t28-,29-,30-/m1/s1. The van der Waals surface area contributed by atoms with Crippen LogP contribution in [-0.2, 0) is 9.59 Å². The maximum absolute atomic E-state index is 13.0. The van der Waals surface area contributed by atoms with Gasteiger partial charge in [0.15, 0.2) is 0 Å². The number of carbonyl (C=O) groups excluding carboxylic acids is 3. The summed E-state index contributed by atoms with van der Waals surface area (Å²) in [6.45, 7) is 2.19. The first-order valence-corrected chi connectivity index (χ1v) is 14.6. The van der Waals surface area contributed by atoms with Crippen molar-refractivity contribution in [3.63, 3.8) is 0 Å². The predicted molar refractivity (Wildman–Crippen MR) is 155 cm³/mol. The van der Waals surface area contributed by atoms with Crippen molar-refractivity contribution < 1.29 is 28.6 Å². The summed E-state index contributed by atoms with van der Waals surface area (Å²) in [6.07, 6.45) is 14.2. The molecule has 3 atom stereocenters. The van der Waals surface area contributed by atoms with E-state index in [4.69, 9.17) is 4.74 Å². The molecule has 2 aromatic rings. The van der Waals surface area contributed by atoms with Crippen molar-refractivity contribution in [2.75, 3.05) is 5.32 Å². The van der Waals surface area contributed by atoms with Crippen LogP contribution in [0, 0.1) is 17.7 Å². The van der Waals surface area contributed by atoms with E-state index in [-0.39, 0.29) is 35.9 Å². The number of ether oxygens (including phenoxy) is 1. The monoisotopic (exact) mass is 551 g/mol. The van der Waals surface area contributed by atoms with Crippen molar-refractivity contribution in [3.8, 4) is 5.75 Å². The predicted octanol–water partition coefficient (Wildman–Crippen LogP) is 7.42. The van der Waals surface area contributed by atoms with Crippen molar-refractivity contribution in [1.29, 1.82) is 0 Å². The van der Waals surface area contributed by atoms with Crippen molar-refractivity contribution >= 4 is 23.3 Å². The molecule has 1 aliphatic carbocycles. The van der Waals surface area contributed by atoms with Crippen LogP contribution in [0.25, 0.3) is 0 Å². The van der Waals surface area contributed by atoms with Gasteiger partial charge < -0.3 is 15.2 Å². The number of hydrogen-bond donors (Lipinski definition) is 2. The molecule has 216 valence electrons. The van der Waals surface area contributed by atoms with Crippen LogP contribution in [0.1, 0.15) is 94.3 Å². The summed E-state index contributed by atoms with van der Waals surface area (Å²) < 4.78 is 18.4. The number of benzene rings is 2. The van der Waals surface area contributed by atoms with Crippen molar-refractivity contribution in [2.45, 2.75) is 90.1 Å². The Morgan fingerprint density at radius 1 is 0.975 bits per heavy atom. The fourth-order valence-corrected chi connectivity index (χ4v) is 5.11. The van der Waals surface area contributed by atoms with Gasteiger partial charge in [-0.15, -0.1) is 0 Å². The highest BCUT2D eigenvalue weighted by atomic mass is 19.1. The summed E-state index contributed by atoms with van der Waals surface area (Å²) in [6, 6.07) is 11.8. The Morgan fingerprint density at radius 2 is 1.68 bits per heavy atom. The summed E-state index contributed by atoms with van der Waals surface area (Å²) in [5.41, 5.74) is 0.876. The largest absolute Gasteiger partial charge is 0.427 e. The molecule has 0 radical (unpaired) electrons. The van der Waals surface area contributed by atoms with E-state index in [0.29, 0.717) is 29.8 Å². The molecule has 0 heterocycles. The molecule has 2 N–H and O–H groups in total. The van der Waals surface area contributed by atoms with E-state index in [9.17, 15) is 23.9 Å². The van der Waals surface area contributed by atoms with Gasteiger partial charge in [0.2, 0.25) is 0 Å². The highest BCUT2D eigenvalue weighted by Gasteiger charge is 2.39. The summed E-state index contributed by atoms with van der Waals surface area (Å²) in [5, 5.41) is 13.1. The lowest BCUT2D eigenvalue weighted by molar-refractivity contribution is -0.134. The second-order valence-electron chi connectivity index (χ2n) is 10.6. The van der Waals surface area contributed by atoms with E-state index in [0.717, 1.165) is 38.5 Å². The van der Waals surface area contributed by atoms with E-state index >= 15 is 0 Å². The van der Waals surface area contributed by atoms with Gasteiger partial charge in [-0.1, -0.05) is 57.6 Å². The molecule has 0 aliphatic heterocycles.